The summed E-state index contributed by atoms with van der Waals surface area (Å²) in [7, 11) is 0. The van der Waals surface area contributed by atoms with Gasteiger partial charge in [0.05, 0.1) is 29.1 Å². The molecular formula is C15H17Cl2NS2. The van der Waals surface area contributed by atoms with Gasteiger partial charge < -0.3 is 4.57 Å². The first-order valence-electron chi connectivity index (χ1n) is 7.07. The van der Waals surface area contributed by atoms with Crippen LogP contribution in [0.15, 0.2) is 12.1 Å². The zero-order chi connectivity index (χ0) is 14.1. The van der Waals surface area contributed by atoms with Gasteiger partial charge in [-0.2, -0.15) is 0 Å². The molecule has 0 unspecified atom stereocenters. The Morgan fingerprint density at radius 2 is 1.45 bits per heavy atom. The Kier molecular flexibility index (Phi) is 4.61. The standard InChI is InChI=1S/C15H17Cl2NS2/c1-2-3-4-5-6-7-18-10-8-12(16)19-14(10)15-11(18)9-13(17)20-15/h8-9H,2-7H2,1H3. The summed E-state index contributed by atoms with van der Waals surface area (Å²) in [6.07, 6.45) is 6.48. The molecule has 0 radical (unpaired) electrons. The Bertz CT molecular complexity index is 669. The van der Waals surface area contributed by atoms with Gasteiger partial charge >= 0.3 is 0 Å². The second-order valence-corrected chi connectivity index (χ2v) is 8.46. The molecule has 1 nitrogen and oxygen atoms in total. The monoisotopic (exact) mass is 345 g/mol. The van der Waals surface area contributed by atoms with E-state index in [1.165, 1.54) is 52.5 Å². The molecule has 0 aromatic carbocycles. The van der Waals surface area contributed by atoms with Gasteiger partial charge in [0, 0.05) is 6.54 Å². The van der Waals surface area contributed by atoms with Crippen molar-refractivity contribution in [2.45, 2.75) is 45.6 Å². The Morgan fingerprint density at radius 3 is 2.00 bits per heavy atom. The molecule has 20 heavy (non-hydrogen) atoms. The molecule has 0 aliphatic rings. The average molecular weight is 346 g/mol. The first-order valence-corrected chi connectivity index (χ1v) is 9.46. The van der Waals surface area contributed by atoms with Crippen molar-refractivity contribution in [3.8, 4) is 0 Å². The van der Waals surface area contributed by atoms with Crippen LogP contribution in [-0.4, -0.2) is 4.57 Å². The molecule has 5 heteroatoms. The lowest BCUT2D eigenvalue weighted by atomic mass is 10.1. The van der Waals surface area contributed by atoms with Crippen molar-refractivity contribution in [2.24, 2.45) is 0 Å². The number of nitrogens with zero attached hydrogens (tertiary/aromatic N) is 1. The number of aromatic nitrogens is 1. The van der Waals surface area contributed by atoms with Crippen molar-refractivity contribution in [3.05, 3.63) is 20.8 Å². The van der Waals surface area contributed by atoms with Crippen LogP contribution in [0.4, 0.5) is 0 Å². The van der Waals surface area contributed by atoms with E-state index in [1.54, 1.807) is 22.7 Å². The molecule has 0 spiro atoms. The lowest BCUT2D eigenvalue weighted by molar-refractivity contribution is 0.584. The van der Waals surface area contributed by atoms with E-state index in [-0.39, 0.29) is 0 Å². The third-order valence-electron chi connectivity index (χ3n) is 3.64. The molecule has 0 aliphatic heterocycles. The lowest BCUT2D eigenvalue weighted by Gasteiger charge is -2.05. The maximum atomic E-state index is 6.18. The summed E-state index contributed by atoms with van der Waals surface area (Å²) in [5.74, 6) is 0. The van der Waals surface area contributed by atoms with Gasteiger partial charge in [0.25, 0.3) is 0 Å². The number of fused-ring (bicyclic) bond motifs is 3. The van der Waals surface area contributed by atoms with E-state index in [2.05, 4.69) is 23.6 Å². The van der Waals surface area contributed by atoms with Crippen LogP contribution in [0.3, 0.4) is 0 Å². The molecule has 0 saturated carbocycles. The SMILES string of the molecule is CCCCCCCn1c2cc(Cl)sc2c2sc(Cl)cc21. The van der Waals surface area contributed by atoms with E-state index < -0.39 is 0 Å². The summed E-state index contributed by atoms with van der Waals surface area (Å²) in [6.45, 7) is 3.31. The summed E-state index contributed by atoms with van der Waals surface area (Å²) < 4.78 is 6.69. The number of unbranched alkanes of at least 4 members (excludes halogenated alkanes) is 4. The maximum Gasteiger partial charge on any atom is 0.0956 e. The number of aryl methyl sites for hydroxylation is 1. The molecule has 0 saturated heterocycles. The zero-order valence-electron chi connectivity index (χ0n) is 11.4. The second-order valence-electron chi connectivity index (χ2n) is 5.10. The van der Waals surface area contributed by atoms with Crippen LogP contribution in [0, 0.1) is 0 Å². The average Bonchev–Trinajstić information content (AvgIpc) is 3.02. The molecule has 108 valence electrons. The fraction of sp³-hybridized carbons (Fsp3) is 0.467. The third kappa shape index (κ3) is 2.74. The molecule has 0 fully saturated rings. The van der Waals surface area contributed by atoms with E-state index in [0.717, 1.165) is 15.2 Å². The fourth-order valence-corrected chi connectivity index (χ4v) is 5.27. The van der Waals surface area contributed by atoms with Gasteiger partial charge in [0.2, 0.25) is 0 Å². The highest BCUT2D eigenvalue weighted by Crippen LogP contribution is 2.42. The van der Waals surface area contributed by atoms with E-state index in [9.17, 15) is 0 Å². The highest BCUT2D eigenvalue weighted by molar-refractivity contribution is 7.30. The van der Waals surface area contributed by atoms with Crippen LogP contribution in [-0.2, 0) is 6.54 Å². The minimum Gasteiger partial charge on any atom is -0.339 e. The van der Waals surface area contributed by atoms with Gasteiger partial charge in [-0.25, -0.2) is 0 Å². The van der Waals surface area contributed by atoms with E-state index in [4.69, 9.17) is 23.2 Å². The predicted molar refractivity (Wildman–Crippen MR) is 94.0 cm³/mol. The Morgan fingerprint density at radius 1 is 0.900 bits per heavy atom. The smallest absolute Gasteiger partial charge is 0.0956 e. The Labute approximate surface area is 137 Å². The van der Waals surface area contributed by atoms with Gasteiger partial charge in [-0.05, 0) is 18.6 Å². The molecule has 0 N–H and O–H groups in total. The minimum absolute atomic E-state index is 0.862. The number of rotatable bonds is 6. The first kappa shape index (κ1) is 14.7. The van der Waals surface area contributed by atoms with Crippen LogP contribution in [0.2, 0.25) is 8.67 Å². The number of halogens is 2. The summed E-state index contributed by atoms with van der Waals surface area (Å²) in [6, 6.07) is 4.18. The van der Waals surface area contributed by atoms with Crippen LogP contribution >= 0.6 is 45.9 Å². The molecule has 0 bridgehead atoms. The van der Waals surface area contributed by atoms with Crippen LogP contribution in [0.25, 0.3) is 20.4 Å². The Balaban J connectivity index is 1.89. The van der Waals surface area contributed by atoms with Gasteiger partial charge in [-0.15, -0.1) is 22.7 Å². The zero-order valence-corrected chi connectivity index (χ0v) is 14.6. The van der Waals surface area contributed by atoms with Crippen LogP contribution in [0.5, 0.6) is 0 Å². The molecule has 0 amide bonds. The van der Waals surface area contributed by atoms with Crippen molar-refractivity contribution < 1.29 is 0 Å². The molecule has 3 aromatic heterocycles. The van der Waals surface area contributed by atoms with Crippen molar-refractivity contribution in [1.82, 2.24) is 4.57 Å². The third-order valence-corrected chi connectivity index (χ3v) is 6.31. The Hall–Kier alpha value is -0.220. The molecule has 3 rings (SSSR count). The number of hydrogen-bond acceptors (Lipinski definition) is 2. The molecule has 3 aromatic rings. The molecule has 0 atom stereocenters. The van der Waals surface area contributed by atoms with Gasteiger partial charge in [-0.3, -0.25) is 0 Å². The number of thiophene rings is 2. The first-order chi connectivity index (χ1) is 9.70. The van der Waals surface area contributed by atoms with Crippen molar-refractivity contribution in [3.63, 3.8) is 0 Å². The van der Waals surface area contributed by atoms with Gasteiger partial charge in [0.1, 0.15) is 0 Å². The largest absolute Gasteiger partial charge is 0.339 e. The molecule has 3 heterocycles. The number of hydrogen-bond donors (Lipinski definition) is 0. The van der Waals surface area contributed by atoms with Crippen LogP contribution < -0.4 is 0 Å². The quantitative estimate of drug-likeness (QED) is 0.416. The predicted octanol–water partition coefficient (Wildman–Crippen LogP) is 7.19. The highest BCUT2D eigenvalue weighted by Gasteiger charge is 2.16. The van der Waals surface area contributed by atoms with Crippen molar-refractivity contribution >= 4 is 66.3 Å². The van der Waals surface area contributed by atoms with E-state index in [0.29, 0.717) is 0 Å². The van der Waals surface area contributed by atoms with Crippen LogP contribution in [0.1, 0.15) is 39.0 Å². The fourth-order valence-electron chi connectivity index (χ4n) is 2.68. The maximum absolute atomic E-state index is 6.18. The summed E-state index contributed by atoms with van der Waals surface area (Å²) in [5, 5.41) is 0. The second kappa shape index (κ2) is 6.27. The highest BCUT2D eigenvalue weighted by atomic mass is 35.5. The minimum atomic E-state index is 0.862. The molecule has 0 aliphatic carbocycles. The summed E-state index contributed by atoms with van der Waals surface area (Å²) >= 11 is 15.7. The van der Waals surface area contributed by atoms with Crippen molar-refractivity contribution in [1.29, 1.82) is 0 Å². The van der Waals surface area contributed by atoms with E-state index in [1.807, 2.05) is 0 Å². The normalized spacial score (nSPS) is 11.9. The summed E-state index contributed by atoms with van der Waals surface area (Å²) in [4.78, 5) is 0. The topological polar surface area (TPSA) is 4.93 Å². The van der Waals surface area contributed by atoms with Crippen molar-refractivity contribution in [2.75, 3.05) is 0 Å². The van der Waals surface area contributed by atoms with Gasteiger partial charge in [0.15, 0.2) is 0 Å². The van der Waals surface area contributed by atoms with Gasteiger partial charge in [-0.1, -0.05) is 55.8 Å². The van der Waals surface area contributed by atoms with E-state index >= 15 is 0 Å². The lowest BCUT2D eigenvalue weighted by Crippen LogP contribution is -1.96. The molecular weight excluding hydrogens is 329 g/mol. The summed E-state index contributed by atoms with van der Waals surface area (Å²) in [5.41, 5.74) is 2.54.